The van der Waals surface area contributed by atoms with E-state index < -0.39 is 0 Å². The Bertz CT molecular complexity index is 1280. The van der Waals surface area contributed by atoms with Gasteiger partial charge in [0, 0.05) is 49.1 Å². The fourth-order valence-electron chi connectivity index (χ4n) is 5.25. The van der Waals surface area contributed by atoms with Crippen LogP contribution in [0.2, 0.25) is 0 Å². The molecule has 9 nitrogen and oxygen atoms in total. The van der Waals surface area contributed by atoms with Gasteiger partial charge in [-0.2, -0.15) is 5.10 Å². The fourth-order valence-corrected chi connectivity index (χ4v) is 5.25. The highest BCUT2D eigenvalue weighted by Crippen LogP contribution is 2.45. The molecule has 0 aliphatic carbocycles. The van der Waals surface area contributed by atoms with Gasteiger partial charge in [-0.1, -0.05) is 0 Å². The summed E-state index contributed by atoms with van der Waals surface area (Å²) in [6.07, 6.45) is 9.15. The number of rotatable bonds is 5. The average Bonchev–Trinajstić information content (AvgIpc) is 3.39. The van der Waals surface area contributed by atoms with Crippen molar-refractivity contribution in [2.45, 2.75) is 51.6 Å². The molecule has 1 fully saturated rings. The number of ether oxygens (including phenoxy) is 1. The first-order valence-electron chi connectivity index (χ1n) is 12.5. The average molecular weight is 489 g/mol. The number of nitrogens with one attached hydrogen (secondary N) is 2. The quantitative estimate of drug-likeness (QED) is 0.568. The monoisotopic (exact) mass is 488 g/mol. The molecule has 2 aliphatic heterocycles. The van der Waals surface area contributed by atoms with Gasteiger partial charge in [-0.05, 0) is 70.0 Å². The number of pyridine rings is 1. The lowest BCUT2D eigenvalue weighted by molar-refractivity contribution is -0.117. The van der Waals surface area contributed by atoms with Crippen LogP contribution in [0.1, 0.15) is 55.1 Å². The third-order valence-electron chi connectivity index (χ3n) is 7.12. The number of aromatic nitrogens is 3. The van der Waals surface area contributed by atoms with Crippen LogP contribution < -0.4 is 20.3 Å². The molecule has 4 heterocycles. The van der Waals surface area contributed by atoms with E-state index in [0.29, 0.717) is 17.4 Å². The molecule has 2 amide bonds. The SMILES string of the molecule is CNC(=O)c1cccnc1Oc1c(-c2cnn(C3CCNCC3)c2)ccc2c1CC[C@H](C)N2C(C)=O. The number of piperidine rings is 1. The summed E-state index contributed by atoms with van der Waals surface area (Å²) < 4.78 is 8.52. The Kier molecular flexibility index (Phi) is 6.73. The van der Waals surface area contributed by atoms with Gasteiger partial charge in [-0.25, -0.2) is 4.98 Å². The van der Waals surface area contributed by atoms with Crippen molar-refractivity contribution in [3.05, 3.63) is 54.0 Å². The lowest BCUT2D eigenvalue weighted by Crippen LogP contribution is -2.40. The highest BCUT2D eigenvalue weighted by Gasteiger charge is 2.31. The summed E-state index contributed by atoms with van der Waals surface area (Å²) in [6, 6.07) is 7.82. The van der Waals surface area contributed by atoms with Crippen LogP contribution in [0.5, 0.6) is 11.6 Å². The first-order chi connectivity index (χ1) is 17.5. The van der Waals surface area contributed by atoms with Gasteiger partial charge < -0.3 is 20.3 Å². The standard InChI is InChI=1S/C27H32N6O3/c1-17-6-7-22-24(33(17)18(2)34)9-8-21(19-15-31-32(16-19)20-10-13-29-14-11-20)25(22)36-27-23(26(35)28-3)5-4-12-30-27/h4-5,8-9,12,15-17,20,29H,6-7,10-11,13-14H2,1-3H3,(H,28,35)/t17-/m0/s1. The van der Waals surface area contributed by atoms with Gasteiger partial charge >= 0.3 is 0 Å². The number of nitrogens with zero attached hydrogens (tertiary/aromatic N) is 4. The largest absolute Gasteiger partial charge is 0.437 e. The topological polar surface area (TPSA) is 101 Å². The first kappa shape index (κ1) is 24.0. The van der Waals surface area contributed by atoms with Crippen LogP contribution >= 0.6 is 0 Å². The molecule has 1 aromatic carbocycles. The molecule has 2 aromatic heterocycles. The van der Waals surface area contributed by atoms with Crippen molar-refractivity contribution >= 4 is 17.5 Å². The molecule has 36 heavy (non-hydrogen) atoms. The number of anilines is 1. The van der Waals surface area contributed by atoms with Crippen molar-refractivity contribution in [3.63, 3.8) is 0 Å². The summed E-state index contributed by atoms with van der Waals surface area (Å²) in [5, 5.41) is 10.7. The van der Waals surface area contributed by atoms with Crippen molar-refractivity contribution in [1.82, 2.24) is 25.4 Å². The van der Waals surface area contributed by atoms with Crippen LogP contribution in [0.3, 0.4) is 0 Å². The predicted octanol–water partition coefficient (Wildman–Crippen LogP) is 3.71. The van der Waals surface area contributed by atoms with E-state index in [-0.39, 0.29) is 23.7 Å². The maximum absolute atomic E-state index is 12.6. The van der Waals surface area contributed by atoms with E-state index in [2.05, 4.69) is 33.8 Å². The molecule has 0 saturated carbocycles. The maximum Gasteiger partial charge on any atom is 0.256 e. The summed E-state index contributed by atoms with van der Waals surface area (Å²) >= 11 is 0. The molecular formula is C27H32N6O3. The van der Waals surface area contributed by atoms with E-state index in [1.807, 2.05) is 27.9 Å². The van der Waals surface area contributed by atoms with E-state index in [0.717, 1.165) is 61.2 Å². The van der Waals surface area contributed by atoms with Gasteiger partial charge in [0.05, 0.1) is 17.9 Å². The molecule has 0 radical (unpaired) electrons. The highest BCUT2D eigenvalue weighted by atomic mass is 16.5. The molecule has 1 saturated heterocycles. The van der Waals surface area contributed by atoms with E-state index in [1.165, 1.54) is 0 Å². The molecule has 1 atom stereocenters. The summed E-state index contributed by atoms with van der Waals surface area (Å²) in [5.74, 6) is 0.552. The second-order valence-corrected chi connectivity index (χ2v) is 9.44. The maximum atomic E-state index is 12.6. The number of hydrogen-bond donors (Lipinski definition) is 2. The molecule has 2 N–H and O–H groups in total. The lowest BCUT2D eigenvalue weighted by atomic mass is 9.92. The van der Waals surface area contributed by atoms with Crippen LogP contribution in [-0.2, 0) is 11.2 Å². The summed E-state index contributed by atoms with van der Waals surface area (Å²) in [5.41, 5.74) is 3.91. The van der Waals surface area contributed by atoms with E-state index in [9.17, 15) is 9.59 Å². The van der Waals surface area contributed by atoms with Crippen LogP contribution in [0.15, 0.2) is 42.9 Å². The summed E-state index contributed by atoms with van der Waals surface area (Å²) in [6.45, 7) is 5.61. The first-order valence-corrected chi connectivity index (χ1v) is 12.5. The molecular weight excluding hydrogens is 456 g/mol. The minimum absolute atomic E-state index is 0.00948. The zero-order valence-electron chi connectivity index (χ0n) is 21.0. The molecule has 188 valence electrons. The Hall–Kier alpha value is -3.72. The normalized spacial score (nSPS) is 18.0. The molecule has 5 rings (SSSR count). The summed E-state index contributed by atoms with van der Waals surface area (Å²) in [7, 11) is 1.58. The molecule has 2 aliphatic rings. The lowest BCUT2D eigenvalue weighted by Gasteiger charge is -2.35. The van der Waals surface area contributed by atoms with E-state index >= 15 is 0 Å². The highest BCUT2D eigenvalue weighted by molar-refractivity contribution is 5.97. The van der Waals surface area contributed by atoms with Crippen molar-refractivity contribution in [3.8, 4) is 22.8 Å². The van der Waals surface area contributed by atoms with Crippen molar-refractivity contribution in [2.75, 3.05) is 25.0 Å². The molecule has 3 aromatic rings. The Morgan fingerprint density at radius 2 is 1.97 bits per heavy atom. The Morgan fingerprint density at radius 3 is 2.72 bits per heavy atom. The van der Waals surface area contributed by atoms with Crippen molar-refractivity contribution in [1.29, 1.82) is 0 Å². The van der Waals surface area contributed by atoms with Gasteiger partial charge in [0.2, 0.25) is 11.8 Å². The molecule has 0 spiro atoms. The number of benzene rings is 1. The van der Waals surface area contributed by atoms with Crippen molar-refractivity contribution in [2.24, 2.45) is 0 Å². The second kappa shape index (κ2) is 10.1. The zero-order chi connectivity index (χ0) is 25.2. The number of hydrogen-bond acceptors (Lipinski definition) is 6. The third kappa shape index (κ3) is 4.46. The van der Waals surface area contributed by atoms with Crippen LogP contribution in [0.4, 0.5) is 5.69 Å². The summed E-state index contributed by atoms with van der Waals surface area (Å²) in [4.78, 5) is 31.3. The van der Waals surface area contributed by atoms with Crippen LogP contribution in [0.25, 0.3) is 11.1 Å². The number of fused-ring (bicyclic) bond motifs is 1. The zero-order valence-corrected chi connectivity index (χ0v) is 21.0. The second-order valence-electron chi connectivity index (χ2n) is 9.44. The fraction of sp³-hybridized carbons (Fsp3) is 0.407. The van der Waals surface area contributed by atoms with Crippen molar-refractivity contribution < 1.29 is 14.3 Å². The molecule has 0 unspecified atom stereocenters. The Balaban J connectivity index is 1.63. The van der Waals surface area contributed by atoms with Gasteiger partial charge in [-0.15, -0.1) is 0 Å². The smallest absolute Gasteiger partial charge is 0.256 e. The van der Waals surface area contributed by atoms with Gasteiger partial charge in [-0.3, -0.25) is 14.3 Å². The van der Waals surface area contributed by atoms with E-state index in [4.69, 9.17) is 4.74 Å². The molecule has 9 heteroatoms. The Morgan fingerprint density at radius 1 is 1.17 bits per heavy atom. The number of carbonyl (C=O) groups excluding carboxylic acids is 2. The Labute approximate surface area is 210 Å². The van der Waals surface area contributed by atoms with Gasteiger partial charge in [0.15, 0.2) is 0 Å². The van der Waals surface area contributed by atoms with Crippen LogP contribution in [-0.4, -0.2) is 52.8 Å². The number of amides is 2. The van der Waals surface area contributed by atoms with Gasteiger partial charge in [0.25, 0.3) is 5.91 Å². The van der Waals surface area contributed by atoms with Crippen LogP contribution in [0, 0.1) is 0 Å². The van der Waals surface area contributed by atoms with E-state index in [1.54, 1.807) is 32.3 Å². The minimum atomic E-state index is -0.276. The third-order valence-corrected chi connectivity index (χ3v) is 7.12. The number of carbonyl (C=O) groups is 2. The predicted molar refractivity (Wildman–Crippen MR) is 137 cm³/mol. The van der Waals surface area contributed by atoms with Gasteiger partial charge in [0.1, 0.15) is 11.3 Å². The minimum Gasteiger partial charge on any atom is -0.437 e. The molecule has 0 bridgehead atoms.